The van der Waals surface area contributed by atoms with Crippen LogP contribution in [0.25, 0.3) is 11.0 Å². The Labute approximate surface area is 165 Å². The molecule has 27 heavy (non-hydrogen) atoms. The van der Waals surface area contributed by atoms with Crippen LogP contribution in [-0.2, 0) is 13.1 Å². The summed E-state index contributed by atoms with van der Waals surface area (Å²) < 4.78 is 3.19. The second-order valence-corrected chi connectivity index (χ2v) is 7.07. The van der Waals surface area contributed by atoms with E-state index in [4.69, 9.17) is 4.98 Å². The van der Waals surface area contributed by atoms with E-state index in [0.29, 0.717) is 18.7 Å². The van der Waals surface area contributed by atoms with E-state index in [1.54, 1.807) is 24.5 Å². The fourth-order valence-corrected chi connectivity index (χ4v) is 3.23. The van der Waals surface area contributed by atoms with Crippen LogP contribution in [0.2, 0.25) is 0 Å². The Balaban J connectivity index is 1.61. The van der Waals surface area contributed by atoms with E-state index in [2.05, 4.69) is 42.9 Å². The maximum absolute atomic E-state index is 12.3. The molecule has 0 bridgehead atoms. The van der Waals surface area contributed by atoms with Gasteiger partial charge in [-0.1, -0.05) is 40.2 Å². The van der Waals surface area contributed by atoms with E-state index in [1.165, 1.54) is 5.56 Å². The SMILES string of the molecule is O=C(NCc1nc2ccccc2n1Cc1ccc(Br)cc1)c1cccnc1. The number of carbonyl (C=O) groups excluding carboxylic acids is 1. The molecular formula is C21H17BrN4O. The molecule has 0 unspecified atom stereocenters. The van der Waals surface area contributed by atoms with Crippen LogP contribution in [0.5, 0.6) is 0 Å². The molecule has 0 atom stereocenters. The van der Waals surface area contributed by atoms with E-state index in [1.807, 2.05) is 36.4 Å². The zero-order valence-corrected chi connectivity index (χ0v) is 16.1. The first-order chi connectivity index (χ1) is 13.2. The highest BCUT2D eigenvalue weighted by Gasteiger charge is 2.13. The first-order valence-corrected chi connectivity index (χ1v) is 9.37. The number of nitrogens with one attached hydrogen (secondary N) is 1. The Morgan fingerprint density at radius 2 is 1.85 bits per heavy atom. The summed E-state index contributed by atoms with van der Waals surface area (Å²) >= 11 is 3.47. The second-order valence-electron chi connectivity index (χ2n) is 6.15. The minimum atomic E-state index is -0.162. The highest BCUT2D eigenvalue weighted by Crippen LogP contribution is 2.19. The number of rotatable bonds is 5. The lowest BCUT2D eigenvalue weighted by Gasteiger charge is -2.11. The number of imidazole rings is 1. The summed E-state index contributed by atoms with van der Waals surface area (Å²) in [5.74, 6) is 0.654. The van der Waals surface area contributed by atoms with Crippen molar-refractivity contribution in [2.24, 2.45) is 0 Å². The van der Waals surface area contributed by atoms with E-state index in [0.717, 1.165) is 21.3 Å². The first-order valence-electron chi connectivity index (χ1n) is 8.57. The topological polar surface area (TPSA) is 59.8 Å². The average molecular weight is 421 g/mol. The fraction of sp³-hybridized carbons (Fsp3) is 0.0952. The van der Waals surface area contributed by atoms with Crippen LogP contribution in [0, 0.1) is 0 Å². The molecule has 134 valence electrons. The monoisotopic (exact) mass is 420 g/mol. The number of hydrogen-bond donors (Lipinski definition) is 1. The van der Waals surface area contributed by atoms with Crippen molar-refractivity contribution in [3.8, 4) is 0 Å². The number of aromatic nitrogens is 3. The molecule has 0 aliphatic carbocycles. The number of hydrogen-bond acceptors (Lipinski definition) is 3. The van der Waals surface area contributed by atoms with Gasteiger partial charge in [-0.15, -0.1) is 0 Å². The van der Waals surface area contributed by atoms with Crippen molar-refractivity contribution in [1.29, 1.82) is 0 Å². The Kier molecular flexibility index (Phi) is 4.98. The zero-order valence-electron chi connectivity index (χ0n) is 14.5. The van der Waals surface area contributed by atoms with Crippen LogP contribution in [0.15, 0.2) is 77.5 Å². The largest absolute Gasteiger partial charge is 0.345 e. The molecule has 0 fully saturated rings. The van der Waals surface area contributed by atoms with Crippen LogP contribution < -0.4 is 5.32 Å². The molecule has 1 amide bonds. The van der Waals surface area contributed by atoms with Crippen molar-refractivity contribution < 1.29 is 4.79 Å². The first kappa shape index (κ1) is 17.4. The third-order valence-electron chi connectivity index (χ3n) is 4.32. The Bertz CT molecular complexity index is 1070. The summed E-state index contributed by atoms with van der Waals surface area (Å²) in [6.45, 7) is 1.03. The average Bonchev–Trinajstić information content (AvgIpc) is 3.06. The van der Waals surface area contributed by atoms with Crippen LogP contribution >= 0.6 is 15.9 Å². The Morgan fingerprint density at radius 3 is 2.63 bits per heavy atom. The highest BCUT2D eigenvalue weighted by molar-refractivity contribution is 9.10. The van der Waals surface area contributed by atoms with Gasteiger partial charge in [0.2, 0.25) is 0 Å². The third-order valence-corrected chi connectivity index (χ3v) is 4.85. The van der Waals surface area contributed by atoms with Crippen molar-refractivity contribution in [1.82, 2.24) is 19.9 Å². The van der Waals surface area contributed by atoms with Gasteiger partial charge in [0.05, 0.1) is 23.1 Å². The maximum atomic E-state index is 12.3. The molecule has 0 radical (unpaired) electrons. The lowest BCUT2D eigenvalue weighted by Crippen LogP contribution is -2.25. The minimum Gasteiger partial charge on any atom is -0.345 e. The molecule has 0 saturated carbocycles. The number of para-hydroxylation sites is 2. The van der Waals surface area contributed by atoms with Gasteiger partial charge in [-0.25, -0.2) is 4.98 Å². The predicted molar refractivity (Wildman–Crippen MR) is 108 cm³/mol. The lowest BCUT2D eigenvalue weighted by molar-refractivity contribution is 0.0949. The number of pyridine rings is 1. The van der Waals surface area contributed by atoms with Gasteiger partial charge >= 0.3 is 0 Å². The van der Waals surface area contributed by atoms with Gasteiger partial charge in [0, 0.05) is 23.4 Å². The number of benzene rings is 2. The standard InChI is InChI=1S/C21H17BrN4O/c22-17-9-7-15(8-10-17)14-26-19-6-2-1-5-18(19)25-20(26)13-24-21(27)16-4-3-11-23-12-16/h1-12H,13-14H2,(H,24,27). The molecule has 0 spiro atoms. The number of amides is 1. The van der Waals surface area contributed by atoms with Gasteiger partial charge in [-0.2, -0.15) is 0 Å². The highest BCUT2D eigenvalue weighted by atomic mass is 79.9. The van der Waals surface area contributed by atoms with Gasteiger partial charge < -0.3 is 9.88 Å². The molecular weight excluding hydrogens is 404 g/mol. The fourth-order valence-electron chi connectivity index (χ4n) is 2.97. The molecule has 2 heterocycles. The van der Waals surface area contributed by atoms with Crippen LogP contribution in [0.1, 0.15) is 21.7 Å². The molecule has 0 aliphatic heterocycles. The molecule has 4 rings (SSSR count). The molecule has 0 saturated heterocycles. The Hall–Kier alpha value is -2.99. The van der Waals surface area contributed by atoms with Crippen LogP contribution in [0.3, 0.4) is 0 Å². The van der Waals surface area contributed by atoms with Crippen LogP contribution in [0.4, 0.5) is 0 Å². The molecule has 1 N–H and O–H groups in total. The summed E-state index contributed by atoms with van der Waals surface area (Å²) in [4.78, 5) is 21.1. The number of nitrogens with zero attached hydrogens (tertiary/aromatic N) is 3. The molecule has 4 aromatic rings. The number of carbonyl (C=O) groups is 1. The Morgan fingerprint density at radius 1 is 1.04 bits per heavy atom. The third kappa shape index (κ3) is 3.90. The van der Waals surface area contributed by atoms with Crippen molar-refractivity contribution in [3.05, 3.63) is 94.5 Å². The molecule has 5 nitrogen and oxygen atoms in total. The lowest BCUT2D eigenvalue weighted by atomic mass is 10.2. The van der Waals surface area contributed by atoms with Gasteiger partial charge in [0.1, 0.15) is 5.82 Å². The number of halogens is 1. The van der Waals surface area contributed by atoms with E-state index >= 15 is 0 Å². The number of fused-ring (bicyclic) bond motifs is 1. The predicted octanol–water partition coefficient (Wildman–Crippen LogP) is 4.17. The zero-order chi connectivity index (χ0) is 18.6. The summed E-state index contributed by atoms with van der Waals surface area (Å²) in [6, 6.07) is 19.7. The van der Waals surface area contributed by atoms with Gasteiger partial charge in [0.25, 0.3) is 5.91 Å². The van der Waals surface area contributed by atoms with Gasteiger partial charge in [0.15, 0.2) is 0 Å². The smallest absolute Gasteiger partial charge is 0.253 e. The van der Waals surface area contributed by atoms with E-state index in [9.17, 15) is 4.79 Å². The maximum Gasteiger partial charge on any atom is 0.253 e. The summed E-state index contributed by atoms with van der Waals surface area (Å²) in [5.41, 5.74) is 3.67. The molecule has 2 aromatic carbocycles. The van der Waals surface area contributed by atoms with Crippen LogP contribution in [-0.4, -0.2) is 20.4 Å². The van der Waals surface area contributed by atoms with E-state index in [-0.39, 0.29) is 5.91 Å². The summed E-state index contributed by atoms with van der Waals surface area (Å²) in [7, 11) is 0. The quantitative estimate of drug-likeness (QED) is 0.526. The molecule has 6 heteroatoms. The van der Waals surface area contributed by atoms with Gasteiger partial charge in [-0.05, 0) is 42.0 Å². The minimum absolute atomic E-state index is 0.162. The van der Waals surface area contributed by atoms with Crippen molar-refractivity contribution >= 4 is 32.9 Å². The molecule has 0 aliphatic rings. The molecule has 2 aromatic heterocycles. The summed E-state index contributed by atoms with van der Waals surface area (Å²) in [5, 5.41) is 2.94. The van der Waals surface area contributed by atoms with Gasteiger partial charge in [-0.3, -0.25) is 9.78 Å². The second kappa shape index (κ2) is 7.72. The summed E-state index contributed by atoms with van der Waals surface area (Å²) in [6.07, 6.45) is 3.20. The van der Waals surface area contributed by atoms with E-state index < -0.39 is 0 Å². The van der Waals surface area contributed by atoms with Crippen molar-refractivity contribution in [2.75, 3.05) is 0 Å². The van der Waals surface area contributed by atoms with Crippen molar-refractivity contribution in [3.63, 3.8) is 0 Å². The normalized spacial score (nSPS) is 10.9. The van der Waals surface area contributed by atoms with Crippen molar-refractivity contribution in [2.45, 2.75) is 13.1 Å².